The zero-order valence-electron chi connectivity index (χ0n) is 20.2. The van der Waals surface area contributed by atoms with Crippen LogP contribution in [0.4, 0.5) is 0 Å². The Morgan fingerprint density at radius 3 is 1.88 bits per heavy atom. The third-order valence-corrected chi connectivity index (χ3v) is 10.5. The van der Waals surface area contributed by atoms with Crippen molar-refractivity contribution in [2.45, 2.75) is 82.1 Å². The Morgan fingerprint density at radius 1 is 0.882 bits per heavy atom. The van der Waals surface area contributed by atoms with Crippen molar-refractivity contribution in [3.8, 4) is 11.5 Å². The molecule has 6 heteroatoms. The molecule has 0 saturated heterocycles. The van der Waals surface area contributed by atoms with Gasteiger partial charge in [-0.3, -0.25) is 4.99 Å². The summed E-state index contributed by atoms with van der Waals surface area (Å²) < 4.78 is 5.73. The quantitative estimate of drug-likeness (QED) is 0.375. The van der Waals surface area contributed by atoms with Gasteiger partial charge in [-0.1, -0.05) is 0 Å². The molecule has 0 aliphatic heterocycles. The number of aromatic hydroxyl groups is 1. The van der Waals surface area contributed by atoms with E-state index >= 15 is 0 Å². The number of phenols is 1. The normalized spacial score (nSPS) is 43.1. The molecule has 0 atom stereocenters. The van der Waals surface area contributed by atoms with Crippen LogP contribution >= 0.6 is 17.0 Å². The van der Waals surface area contributed by atoms with E-state index in [0.29, 0.717) is 11.8 Å². The molecule has 9 rings (SSSR count). The molecule has 8 saturated carbocycles. The van der Waals surface area contributed by atoms with Gasteiger partial charge >= 0.3 is 37.9 Å². The van der Waals surface area contributed by atoms with E-state index in [-0.39, 0.29) is 5.41 Å². The van der Waals surface area contributed by atoms with E-state index in [4.69, 9.17) is 26.8 Å². The molecule has 1 aromatic carbocycles. The van der Waals surface area contributed by atoms with Gasteiger partial charge in [-0.2, -0.15) is 0 Å². The van der Waals surface area contributed by atoms with Crippen LogP contribution in [0.5, 0.6) is 11.5 Å². The van der Waals surface area contributed by atoms with Gasteiger partial charge in [0.25, 0.3) is 0 Å². The van der Waals surface area contributed by atoms with Gasteiger partial charge in [0.05, 0.1) is 13.2 Å². The van der Waals surface area contributed by atoms with Crippen molar-refractivity contribution in [1.29, 1.82) is 0 Å². The van der Waals surface area contributed by atoms with E-state index in [2.05, 4.69) is 6.07 Å². The molecule has 0 spiro atoms. The van der Waals surface area contributed by atoms with Crippen molar-refractivity contribution in [3.63, 3.8) is 0 Å². The van der Waals surface area contributed by atoms with Crippen LogP contribution in [0.3, 0.4) is 0 Å². The average Bonchev–Trinajstić information content (AvgIpc) is 2.78. The molecule has 8 aliphatic rings. The first-order valence-corrected chi connectivity index (χ1v) is 19.7. The van der Waals surface area contributed by atoms with Crippen LogP contribution in [0, 0.1) is 41.4 Å². The fourth-order valence-electron chi connectivity index (χ4n) is 10.00. The summed E-state index contributed by atoms with van der Waals surface area (Å²) in [5.41, 5.74) is 2.22. The standard InChI is InChI=1S/C28H37NO2.2ClH.Zr/c1-31-24-10-23(15-29-26-21-6-16-2-17(8-21)9-22(26)7-16)27(30)25(11-24)28-12-18-3-19(13-28)5-20(4-18)14-28;;;/h10-11,15-22,26,30H,2-9,12-14H2,1H3;2*1H;/q;;;+2/p-2. The second-order valence-electron chi connectivity index (χ2n) is 12.6. The molecule has 184 valence electrons. The number of hydrogen-bond donors (Lipinski definition) is 1. The summed E-state index contributed by atoms with van der Waals surface area (Å²) in [6.07, 6.45) is 17.1. The molecule has 1 aromatic rings. The van der Waals surface area contributed by atoms with Crippen LogP contribution in [-0.2, 0) is 26.3 Å². The third-order valence-electron chi connectivity index (χ3n) is 10.5. The number of halogens is 2. The fourth-order valence-corrected chi connectivity index (χ4v) is 10.00. The maximum atomic E-state index is 11.5. The van der Waals surface area contributed by atoms with Crippen LogP contribution in [0.15, 0.2) is 17.1 Å². The molecular formula is C28H37Cl2NO2Zr. The molecular weight excluding hydrogens is 544 g/mol. The molecule has 0 aromatic heterocycles. The summed E-state index contributed by atoms with van der Waals surface area (Å²) in [5, 5.41) is 11.5. The van der Waals surface area contributed by atoms with Crippen molar-refractivity contribution in [3.05, 3.63) is 23.3 Å². The number of benzene rings is 1. The second kappa shape index (κ2) is 9.68. The van der Waals surface area contributed by atoms with Crippen molar-refractivity contribution >= 4 is 23.2 Å². The minimum absolute atomic E-state index is 0.165. The van der Waals surface area contributed by atoms with Gasteiger partial charge in [-0.05, 0) is 130 Å². The SMILES string of the molecule is COc1cc(C=NC2C3CC4CC(C3)CC2C4)c(O)c(C23CC4CC(CC(C4)C2)C3)c1.[Cl][Zr][Cl]. The van der Waals surface area contributed by atoms with Crippen LogP contribution in [0.1, 0.15) is 81.8 Å². The number of nitrogens with zero attached hydrogens (tertiary/aromatic N) is 1. The predicted molar refractivity (Wildman–Crippen MR) is 135 cm³/mol. The molecule has 34 heavy (non-hydrogen) atoms. The Balaban J connectivity index is 0.000000691. The van der Waals surface area contributed by atoms with Crippen molar-refractivity contribution < 1.29 is 30.7 Å². The number of phenolic OH excluding ortho intramolecular Hbond substituents is 1. The second-order valence-corrected chi connectivity index (χ2v) is 16.3. The molecule has 0 amide bonds. The predicted octanol–water partition coefficient (Wildman–Crippen LogP) is 7.49. The zero-order chi connectivity index (χ0) is 23.4. The van der Waals surface area contributed by atoms with Gasteiger partial charge in [0.15, 0.2) is 0 Å². The van der Waals surface area contributed by atoms with Gasteiger partial charge in [0, 0.05) is 17.3 Å². The van der Waals surface area contributed by atoms with E-state index in [1.807, 2.05) is 12.3 Å². The number of ether oxygens (including phenoxy) is 1. The molecule has 8 fully saturated rings. The molecule has 8 aliphatic carbocycles. The topological polar surface area (TPSA) is 41.8 Å². The number of aliphatic imine (C=N–C) groups is 1. The van der Waals surface area contributed by atoms with E-state index in [0.717, 1.165) is 58.3 Å². The first-order valence-electron chi connectivity index (χ1n) is 13.4. The summed E-state index contributed by atoms with van der Waals surface area (Å²) in [4.78, 5) is 5.18. The van der Waals surface area contributed by atoms with Crippen molar-refractivity contribution in [2.24, 2.45) is 46.4 Å². The molecule has 1 N–H and O–H groups in total. The zero-order valence-corrected chi connectivity index (χ0v) is 24.2. The van der Waals surface area contributed by atoms with Gasteiger partial charge in [-0.15, -0.1) is 0 Å². The van der Waals surface area contributed by atoms with E-state index < -0.39 is 20.8 Å². The van der Waals surface area contributed by atoms with E-state index in [1.54, 1.807) is 7.11 Å². The summed E-state index contributed by atoms with van der Waals surface area (Å²) >= 11 is -0.826. The Hall–Kier alpha value is -0.0469. The molecule has 0 unspecified atom stereocenters. The van der Waals surface area contributed by atoms with Gasteiger partial charge < -0.3 is 9.84 Å². The Kier molecular flexibility index (Phi) is 6.92. The fraction of sp³-hybridized carbons (Fsp3) is 0.750. The number of methoxy groups -OCH3 is 1. The van der Waals surface area contributed by atoms with Crippen LogP contribution in [0.25, 0.3) is 0 Å². The van der Waals surface area contributed by atoms with Crippen molar-refractivity contribution in [2.75, 3.05) is 7.11 Å². The number of rotatable bonds is 4. The molecule has 0 heterocycles. The summed E-state index contributed by atoms with van der Waals surface area (Å²) in [7, 11) is 11.6. The average molecular weight is 582 g/mol. The Morgan fingerprint density at radius 2 is 1.38 bits per heavy atom. The monoisotopic (exact) mass is 579 g/mol. The van der Waals surface area contributed by atoms with Crippen molar-refractivity contribution in [1.82, 2.24) is 0 Å². The first kappa shape index (κ1) is 24.3. The number of hydrogen-bond acceptors (Lipinski definition) is 3. The molecule has 8 bridgehead atoms. The van der Waals surface area contributed by atoms with Crippen LogP contribution < -0.4 is 4.74 Å². The minimum atomic E-state index is -0.826. The first-order chi connectivity index (χ1) is 16.5. The Labute approximate surface area is 223 Å². The molecule has 0 radical (unpaired) electrons. The van der Waals surface area contributed by atoms with E-state index in [1.165, 1.54) is 70.6 Å². The molecule has 3 nitrogen and oxygen atoms in total. The summed E-state index contributed by atoms with van der Waals surface area (Å²) in [6, 6.07) is 4.64. The van der Waals surface area contributed by atoms with Crippen LogP contribution in [-0.4, -0.2) is 24.5 Å². The third kappa shape index (κ3) is 4.34. The van der Waals surface area contributed by atoms with E-state index in [9.17, 15) is 5.11 Å². The van der Waals surface area contributed by atoms with Gasteiger partial charge in [0.2, 0.25) is 0 Å². The van der Waals surface area contributed by atoms with Crippen LogP contribution in [0.2, 0.25) is 0 Å². The summed E-state index contributed by atoms with van der Waals surface area (Å²) in [5.74, 6) is 7.48. The van der Waals surface area contributed by atoms with Gasteiger partial charge in [0.1, 0.15) is 11.5 Å². The Bertz CT molecular complexity index is 887. The summed E-state index contributed by atoms with van der Waals surface area (Å²) in [6.45, 7) is 0. The maximum absolute atomic E-state index is 11.5. The van der Waals surface area contributed by atoms with Gasteiger partial charge in [-0.25, -0.2) is 0 Å².